The van der Waals surface area contributed by atoms with Gasteiger partial charge in [0.2, 0.25) is 0 Å². The first-order valence-electron chi connectivity index (χ1n) is 9.08. The van der Waals surface area contributed by atoms with Crippen LogP contribution in [0.2, 0.25) is 0 Å². The van der Waals surface area contributed by atoms with Gasteiger partial charge in [-0.1, -0.05) is 12.1 Å². The van der Waals surface area contributed by atoms with Gasteiger partial charge in [-0.15, -0.1) is 0 Å². The SMILES string of the molecule is CC[NH+](CC(=O)Nc1cccc(OC)c1)CC(=O)Nc1cccc(S(C)(=O)=O)c1. The zero-order chi connectivity index (χ0) is 21.4. The van der Waals surface area contributed by atoms with Gasteiger partial charge in [-0.3, -0.25) is 9.59 Å². The zero-order valence-electron chi connectivity index (χ0n) is 16.7. The van der Waals surface area contributed by atoms with Gasteiger partial charge in [-0.05, 0) is 37.3 Å². The molecule has 0 aliphatic rings. The number of hydrogen-bond acceptors (Lipinski definition) is 5. The van der Waals surface area contributed by atoms with Gasteiger partial charge < -0.3 is 20.3 Å². The lowest BCUT2D eigenvalue weighted by atomic mass is 10.3. The predicted octanol–water partition coefficient (Wildman–Crippen LogP) is 0.581. The second kappa shape index (κ2) is 10.0. The molecule has 8 nitrogen and oxygen atoms in total. The Morgan fingerprint density at radius 2 is 1.52 bits per heavy atom. The molecule has 0 spiro atoms. The average molecular weight is 421 g/mol. The maximum atomic E-state index is 12.3. The van der Waals surface area contributed by atoms with Crippen LogP contribution >= 0.6 is 0 Å². The fourth-order valence-electron chi connectivity index (χ4n) is 2.68. The summed E-state index contributed by atoms with van der Waals surface area (Å²) >= 11 is 0. The van der Waals surface area contributed by atoms with E-state index in [0.29, 0.717) is 23.7 Å². The van der Waals surface area contributed by atoms with Crippen molar-refractivity contribution in [2.24, 2.45) is 0 Å². The Kier molecular flexibility index (Phi) is 7.74. The molecule has 2 rings (SSSR count). The summed E-state index contributed by atoms with van der Waals surface area (Å²) in [6, 6.07) is 13.1. The minimum Gasteiger partial charge on any atom is -0.497 e. The molecule has 0 radical (unpaired) electrons. The molecular formula is C20H26N3O5S+. The lowest BCUT2D eigenvalue weighted by Crippen LogP contribution is -3.13. The van der Waals surface area contributed by atoms with Gasteiger partial charge in [0.15, 0.2) is 22.9 Å². The van der Waals surface area contributed by atoms with Crippen molar-refractivity contribution < 1.29 is 27.6 Å². The highest BCUT2D eigenvalue weighted by Gasteiger charge is 2.17. The summed E-state index contributed by atoms with van der Waals surface area (Å²) in [5.74, 6) is 0.113. The van der Waals surface area contributed by atoms with E-state index in [1.54, 1.807) is 43.5 Å². The van der Waals surface area contributed by atoms with Crippen LogP contribution in [0.4, 0.5) is 11.4 Å². The first kappa shape index (κ1) is 22.4. The standard InChI is InChI=1S/C20H25N3O5S/c1-4-23(13-19(24)21-15-7-5-9-17(11-15)28-2)14-20(25)22-16-8-6-10-18(12-16)29(3,26)27/h5-12H,4,13-14H2,1-3H3,(H,21,24)(H,22,25)/p+1. The first-order chi connectivity index (χ1) is 13.7. The predicted molar refractivity (Wildman–Crippen MR) is 111 cm³/mol. The number of carbonyl (C=O) groups is 2. The summed E-state index contributed by atoms with van der Waals surface area (Å²) in [6.45, 7) is 2.64. The molecule has 0 saturated heterocycles. The number of methoxy groups -OCH3 is 1. The number of nitrogens with one attached hydrogen (secondary N) is 3. The molecule has 2 aromatic carbocycles. The van der Waals surface area contributed by atoms with E-state index in [9.17, 15) is 18.0 Å². The third-order valence-corrected chi connectivity index (χ3v) is 5.33. The van der Waals surface area contributed by atoms with E-state index in [2.05, 4.69) is 10.6 Å². The minimum absolute atomic E-state index is 0.0745. The van der Waals surface area contributed by atoms with Gasteiger partial charge in [-0.25, -0.2) is 8.42 Å². The summed E-state index contributed by atoms with van der Waals surface area (Å²) in [7, 11) is -1.81. The number of sulfone groups is 1. The molecule has 29 heavy (non-hydrogen) atoms. The molecule has 2 aromatic rings. The van der Waals surface area contributed by atoms with Crippen molar-refractivity contribution in [2.75, 3.05) is 43.6 Å². The van der Waals surface area contributed by atoms with Gasteiger partial charge in [0.05, 0.1) is 18.6 Å². The number of benzene rings is 2. The van der Waals surface area contributed by atoms with E-state index in [4.69, 9.17) is 4.74 Å². The number of rotatable bonds is 9. The molecule has 1 atom stereocenters. The molecule has 0 bridgehead atoms. The topological polar surface area (TPSA) is 106 Å². The van der Waals surface area contributed by atoms with Gasteiger partial charge in [0.1, 0.15) is 5.75 Å². The third kappa shape index (κ3) is 7.20. The van der Waals surface area contributed by atoms with Gasteiger partial charge in [0, 0.05) is 23.7 Å². The van der Waals surface area contributed by atoms with Crippen molar-refractivity contribution in [3.63, 3.8) is 0 Å². The second-order valence-electron chi connectivity index (χ2n) is 6.59. The monoisotopic (exact) mass is 420 g/mol. The first-order valence-corrected chi connectivity index (χ1v) is 11.0. The number of hydrogen-bond donors (Lipinski definition) is 3. The van der Waals surface area contributed by atoms with Crippen molar-refractivity contribution in [2.45, 2.75) is 11.8 Å². The van der Waals surface area contributed by atoms with E-state index >= 15 is 0 Å². The minimum atomic E-state index is -3.36. The van der Waals surface area contributed by atoms with Crippen LogP contribution in [-0.4, -0.2) is 53.2 Å². The third-order valence-electron chi connectivity index (χ3n) is 4.22. The van der Waals surface area contributed by atoms with Crippen LogP contribution in [-0.2, 0) is 19.4 Å². The van der Waals surface area contributed by atoms with E-state index in [-0.39, 0.29) is 29.8 Å². The average Bonchev–Trinajstić information content (AvgIpc) is 2.67. The van der Waals surface area contributed by atoms with Gasteiger partial charge in [-0.2, -0.15) is 0 Å². The summed E-state index contributed by atoms with van der Waals surface area (Å²) in [5, 5.41) is 5.48. The Balaban J connectivity index is 1.93. The van der Waals surface area contributed by atoms with Crippen LogP contribution in [0.25, 0.3) is 0 Å². The van der Waals surface area contributed by atoms with Crippen LogP contribution in [0, 0.1) is 0 Å². The Hall–Kier alpha value is -2.91. The molecule has 2 amide bonds. The van der Waals surface area contributed by atoms with E-state index in [1.807, 2.05) is 6.92 Å². The molecule has 0 aromatic heterocycles. The number of carbonyl (C=O) groups excluding carboxylic acids is 2. The normalized spacial score (nSPS) is 12.1. The second-order valence-corrected chi connectivity index (χ2v) is 8.60. The van der Waals surface area contributed by atoms with Crippen molar-refractivity contribution in [3.8, 4) is 5.75 Å². The molecule has 0 fully saturated rings. The highest BCUT2D eigenvalue weighted by Crippen LogP contribution is 2.16. The van der Waals surface area contributed by atoms with Crippen molar-refractivity contribution >= 4 is 33.0 Å². The highest BCUT2D eigenvalue weighted by atomic mass is 32.2. The molecule has 3 N–H and O–H groups in total. The van der Waals surface area contributed by atoms with Gasteiger partial charge in [0.25, 0.3) is 11.8 Å². The molecular weight excluding hydrogens is 394 g/mol. The zero-order valence-corrected chi connectivity index (χ0v) is 17.5. The Bertz CT molecular complexity index is 976. The Morgan fingerprint density at radius 3 is 2.03 bits per heavy atom. The number of amides is 2. The van der Waals surface area contributed by atoms with Crippen LogP contribution in [0.1, 0.15) is 6.92 Å². The van der Waals surface area contributed by atoms with E-state index in [0.717, 1.165) is 11.2 Å². The molecule has 9 heteroatoms. The molecule has 0 heterocycles. The summed E-state index contributed by atoms with van der Waals surface area (Å²) < 4.78 is 28.4. The van der Waals surface area contributed by atoms with Gasteiger partial charge >= 0.3 is 0 Å². The number of ether oxygens (including phenoxy) is 1. The van der Waals surface area contributed by atoms with Crippen LogP contribution < -0.4 is 20.3 Å². The van der Waals surface area contributed by atoms with Crippen LogP contribution in [0.3, 0.4) is 0 Å². The molecule has 0 saturated carbocycles. The molecule has 1 unspecified atom stereocenters. The fraction of sp³-hybridized carbons (Fsp3) is 0.300. The van der Waals surface area contributed by atoms with E-state index < -0.39 is 9.84 Å². The smallest absolute Gasteiger partial charge is 0.279 e. The lowest BCUT2D eigenvalue weighted by molar-refractivity contribution is -0.881. The lowest BCUT2D eigenvalue weighted by Gasteiger charge is -2.17. The largest absolute Gasteiger partial charge is 0.497 e. The summed E-state index contributed by atoms with van der Waals surface area (Å²) in [6.07, 6.45) is 1.11. The number of quaternary nitrogens is 1. The van der Waals surface area contributed by atoms with Crippen molar-refractivity contribution in [1.29, 1.82) is 0 Å². The highest BCUT2D eigenvalue weighted by molar-refractivity contribution is 7.90. The summed E-state index contributed by atoms with van der Waals surface area (Å²) in [5.41, 5.74) is 1.01. The van der Waals surface area contributed by atoms with E-state index in [1.165, 1.54) is 12.1 Å². The van der Waals surface area contributed by atoms with Crippen molar-refractivity contribution in [3.05, 3.63) is 48.5 Å². The molecule has 0 aliphatic carbocycles. The van der Waals surface area contributed by atoms with Crippen LogP contribution in [0.5, 0.6) is 5.75 Å². The number of anilines is 2. The quantitative estimate of drug-likeness (QED) is 0.550. The van der Waals surface area contributed by atoms with Crippen molar-refractivity contribution in [1.82, 2.24) is 0 Å². The van der Waals surface area contributed by atoms with Crippen LogP contribution in [0.15, 0.2) is 53.4 Å². The molecule has 0 aliphatic heterocycles. The summed E-state index contributed by atoms with van der Waals surface area (Å²) in [4.78, 5) is 25.5. The Morgan fingerprint density at radius 1 is 0.966 bits per heavy atom. The maximum absolute atomic E-state index is 12.3. The number of likely N-dealkylation sites (N-methyl/N-ethyl adjacent to an activating group) is 1. The molecule has 156 valence electrons. The Labute approximate surface area is 170 Å². The fourth-order valence-corrected chi connectivity index (χ4v) is 3.35. The maximum Gasteiger partial charge on any atom is 0.279 e.